The molecule has 1 N–H and O–H groups in total. The van der Waals surface area contributed by atoms with Crippen LogP contribution in [0.4, 0.5) is 13.2 Å². The molecule has 0 aliphatic rings. The summed E-state index contributed by atoms with van der Waals surface area (Å²) in [5.74, 6) is 1.22. The number of hydrogen-bond acceptors (Lipinski definition) is 3. The summed E-state index contributed by atoms with van der Waals surface area (Å²) in [6, 6.07) is 22.3. The van der Waals surface area contributed by atoms with Gasteiger partial charge in [0.05, 0.1) is 11.8 Å². The summed E-state index contributed by atoms with van der Waals surface area (Å²) in [6.07, 6.45) is -3.49. The van der Waals surface area contributed by atoms with Crippen molar-refractivity contribution in [2.45, 2.75) is 17.7 Å². The molecule has 0 spiro atoms. The maximum Gasteiger partial charge on any atom is 0.417 e. The van der Waals surface area contributed by atoms with Crippen molar-refractivity contribution in [3.8, 4) is 0 Å². The molecule has 3 aromatic carbocycles. The van der Waals surface area contributed by atoms with Crippen molar-refractivity contribution in [3.63, 3.8) is 0 Å². The van der Waals surface area contributed by atoms with E-state index in [1.807, 2.05) is 30.3 Å². The molecule has 0 fully saturated rings. The zero-order valence-electron chi connectivity index (χ0n) is 15.9. The van der Waals surface area contributed by atoms with Crippen molar-refractivity contribution in [1.29, 1.82) is 0 Å². The van der Waals surface area contributed by atoms with E-state index in [9.17, 15) is 18.0 Å². The molecule has 0 heterocycles. The monoisotopic (exact) mass is 428 g/mol. The second kappa shape index (κ2) is 10.1. The summed E-state index contributed by atoms with van der Waals surface area (Å²) >= 11 is 1.77. The molecular formula is C23H19F3N2OS. The molecule has 0 aliphatic carbocycles. The van der Waals surface area contributed by atoms with E-state index in [0.29, 0.717) is 5.56 Å². The molecule has 154 valence electrons. The first kappa shape index (κ1) is 21.6. The number of carbonyl (C=O) groups excluding carboxylic acids is 1. The van der Waals surface area contributed by atoms with E-state index in [-0.39, 0.29) is 5.56 Å². The van der Waals surface area contributed by atoms with E-state index in [1.165, 1.54) is 23.8 Å². The molecule has 0 unspecified atom stereocenters. The van der Waals surface area contributed by atoms with Gasteiger partial charge in [0.15, 0.2) is 0 Å². The maximum absolute atomic E-state index is 13.0. The molecule has 0 saturated carbocycles. The minimum Gasteiger partial charge on any atom is -0.267 e. The van der Waals surface area contributed by atoms with Crippen LogP contribution in [0.3, 0.4) is 0 Å². The lowest BCUT2D eigenvalue weighted by Gasteiger charge is -2.09. The largest absolute Gasteiger partial charge is 0.417 e. The molecule has 3 aromatic rings. The van der Waals surface area contributed by atoms with Gasteiger partial charge in [-0.1, -0.05) is 60.7 Å². The van der Waals surface area contributed by atoms with Gasteiger partial charge in [-0.25, -0.2) is 5.43 Å². The highest BCUT2D eigenvalue weighted by Crippen LogP contribution is 2.31. The Bertz CT molecular complexity index is 1000. The molecule has 0 aromatic heterocycles. The standard InChI is InChI=1S/C23H19F3N2OS/c24-23(25,26)21-9-5-4-8-20(21)14-27-28-22(29)19-12-10-18(11-13-19)16-30-15-17-6-2-1-3-7-17/h1-14H,15-16H2,(H,28,29)/b27-14+. The average molecular weight is 428 g/mol. The summed E-state index contributed by atoms with van der Waals surface area (Å²) in [5.41, 5.74) is 4.06. The fourth-order valence-electron chi connectivity index (χ4n) is 2.71. The summed E-state index contributed by atoms with van der Waals surface area (Å²) < 4.78 is 38.9. The van der Waals surface area contributed by atoms with Crippen LogP contribution in [0.2, 0.25) is 0 Å². The van der Waals surface area contributed by atoms with Crippen LogP contribution in [-0.2, 0) is 17.7 Å². The summed E-state index contributed by atoms with van der Waals surface area (Å²) in [7, 11) is 0. The lowest BCUT2D eigenvalue weighted by molar-refractivity contribution is -0.137. The Kier molecular flexibility index (Phi) is 7.30. The number of hydrogen-bond donors (Lipinski definition) is 1. The number of amides is 1. The van der Waals surface area contributed by atoms with E-state index in [2.05, 4.69) is 22.7 Å². The van der Waals surface area contributed by atoms with Crippen LogP contribution in [-0.4, -0.2) is 12.1 Å². The van der Waals surface area contributed by atoms with E-state index in [4.69, 9.17) is 0 Å². The van der Waals surface area contributed by atoms with Gasteiger partial charge < -0.3 is 0 Å². The van der Waals surface area contributed by atoms with Crippen molar-refractivity contribution in [3.05, 3.63) is 107 Å². The topological polar surface area (TPSA) is 41.5 Å². The van der Waals surface area contributed by atoms with E-state index >= 15 is 0 Å². The van der Waals surface area contributed by atoms with Crippen LogP contribution in [0.5, 0.6) is 0 Å². The Labute approximate surface area is 177 Å². The van der Waals surface area contributed by atoms with Gasteiger partial charge in [-0.3, -0.25) is 4.79 Å². The van der Waals surface area contributed by atoms with Crippen LogP contribution >= 0.6 is 11.8 Å². The van der Waals surface area contributed by atoms with Crippen LogP contribution in [0.25, 0.3) is 0 Å². The first-order valence-corrected chi connectivity index (χ1v) is 10.3. The highest BCUT2D eigenvalue weighted by atomic mass is 32.2. The van der Waals surface area contributed by atoms with Crippen LogP contribution in [0, 0.1) is 0 Å². The first-order valence-electron chi connectivity index (χ1n) is 9.14. The minimum absolute atomic E-state index is 0.115. The predicted octanol–water partition coefficient (Wildman–Crippen LogP) is 5.90. The maximum atomic E-state index is 13.0. The number of halogens is 3. The molecule has 0 atom stereocenters. The number of nitrogens with zero attached hydrogens (tertiary/aromatic N) is 1. The zero-order valence-corrected chi connectivity index (χ0v) is 16.7. The molecule has 1 amide bonds. The number of hydrazone groups is 1. The van der Waals surface area contributed by atoms with Crippen LogP contribution < -0.4 is 5.43 Å². The number of alkyl halides is 3. The Morgan fingerprint density at radius 1 is 0.867 bits per heavy atom. The van der Waals surface area contributed by atoms with Crippen molar-refractivity contribution in [1.82, 2.24) is 5.43 Å². The van der Waals surface area contributed by atoms with Crippen LogP contribution in [0.1, 0.15) is 32.6 Å². The third kappa shape index (κ3) is 6.22. The Balaban J connectivity index is 1.53. The fraction of sp³-hybridized carbons (Fsp3) is 0.130. The van der Waals surface area contributed by atoms with Crippen molar-refractivity contribution < 1.29 is 18.0 Å². The second-order valence-corrected chi connectivity index (χ2v) is 7.45. The Morgan fingerprint density at radius 3 is 2.13 bits per heavy atom. The van der Waals surface area contributed by atoms with Gasteiger partial charge in [-0.05, 0) is 29.3 Å². The van der Waals surface area contributed by atoms with Gasteiger partial charge >= 0.3 is 6.18 Å². The lowest BCUT2D eigenvalue weighted by atomic mass is 10.1. The highest BCUT2D eigenvalue weighted by Gasteiger charge is 2.32. The molecule has 7 heteroatoms. The van der Waals surface area contributed by atoms with Gasteiger partial charge in [-0.2, -0.15) is 30.0 Å². The molecule has 0 bridgehead atoms. The normalized spacial score (nSPS) is 11.6. The van der Waals surface area contributed by atoms with Gasteiger partial charge in [0, 0.05) is 22.6 Å². The second-order valence-electron chi connectivity index (χ2n) is 6.46. The third-order valence-electron chi connectivity index (χ3n) is 4.23. The van der Waals surface area contributed by atoms with E-state index in [1.54, 1.807) is 23.9 Å². The first-order chi connectivity index (χ1) is 14.4. The number of rotatable bonds is 7. The van der Waals surface area contributed by atoms with Gasteiger partial charge in [0.1, 0.15) is 0 Å². The molecule has 0 aliphatic heterocycles. The average Bonchev–Trinajstić information content (AvgIpc) is 2.74. The van der Waals surface area contributed by atoms with Crippen molar-refractivity contribution in [2.75, 3.05) is 0 Å². The predicted molar refractivity (Wildman–Crippen MR) is 114 cm³/mol. The van der Waals surface area contributed by atoms with Gasteiger partial charge in [0.25, 0.3) is 5.91 Å². The molecule has 3 nitrogen and oxygen atoms in total. The fourth-order valence-corrected chi connectivity index (χ4v) is 3.66. The molecule has 0 saturated heterocycles. The SMILES string of the molecule is O=C(N/N=C/c1ccccc1C(F)(F)F)c1ccc(CSCc2ccccc2)cc1. The number of thioether (sulfide) groups is 1. The van der Waals surface area contributed by atoms with Crippen LogP contribution in [0.15, 0.2) is 84.0 Å². The van der Waals surface area contributed by atoms with Gasteiger partial charge in [-0.15, -0.1) is 0 Å². The molecule has 0 radical (unpaired) electrons. The number of benzene rings is 3. The van der Waals surface area contributed by atoms with Crippen molar-refractivity contribution in [2.24, 2.45) is 5.10 Å². The Hall–Kier alpha value is -3.06. The summed E-state index contributed by atoms with van der Waals surface area (Å²) in [6.45, 7) is 0. The van der Waals surface area contributed by atoms with E-state index in [0.717, 1.165) is 29.4 Å². The van der Waals surface area contributed by atoms with E-state index < -0.39 is 17.6 Å². The summed E-state index contributed by atoms with van der Waals surface area (Å²) in [4.78, 5) is 12.2. The third-order valence-corrected chi connectivity index (χ3v) is 5.31. The minimum atomic E-state index is -4.49. The number of nitrogens with one attached hydrogen (secondary N) is 1. The smallest absolute Gasteiger partial charge is 0.267 e. The molecular weight excluding hydrogens is 409 g/mol. The highest BCUT2D eigenvalue weighted by molar-refractivity contribution is 7.97. The quantitative estimate of drug-likeness (QED) is 0.376. The zero-order chi connectivity index (χ0) is 21.4. The summed E-state index contributed by atoms with van der Waals surface area (Å²) in [5, 5.41) is 3.67. The lowest BCUT2D eigenvalue weighted by Crippen LogP contribution is -2.18. The molecule has 30 heavy (non-hydrogen) atoms. The number of carbonyl (C=O) groups is 1. The molecule has 3 rings (SSSR count). The van der Waals surface area contributed by atoms with Gasteiger partial charge in [0.2, 0.25) is 0 Å². The van der Waals surface area contributed by atoms with Crippen molar-refractivity contribution >= 4 is 23.9 Å². The Morgan fingerprint density at radius 2 is 1.47 bits per heavy atom.